The van der Waals surface area contributed by atoms with Gasteiger partial charge in [-0.05, 0) is 31.0 Å². The van der Waals surface area contributed by atoms with Crippen molar-refractivity contribution in [2.24, 2.45) is 5.92 Å². The number of anilines is 2. The molecule has 2 aromatic rings. The van der Waals surface area contributed by atoms with Crippen molar-refractivity contribution in [2.75, 3.05) is 17.2 Å². The summed E-state index contributed by atoms with van der Waals surface area (Å²) in [6.45, 7) is 6.95. The predicted molar refractivity (Wildman–Crippen MR) is 98.6 cm³/mol. The van der Waals surface area contributed by atoms with E-state index in [1.807, 2.05) is 6.92 Å². The van der Waals surface area contributed by atoms with Crippen LogP contribution in [-0.4, -0.2) is 27.9 Å². The molecule has 0 saturated carbocycles. The van der Waals surface area contributed by atoms with Crippen LogP contribution >= 0.6 is 34.7 Å². The molecule has 1 aromatic carbocycles. The van der Waals surface area contributed by atoms with Crippen LogP contribution in [0.2, 0.25) is 5.02 Å². The molecule has 1 unspecified atom stereocenters. The van der Waals surface area contributed by atoms with Gasteiger partial charge >= 0.3 is 0 Å². The molecule has 23 heavy (non-hydrogen) atoms. The predicted octanol–water partition coefficient (Wildman–Crippen LogP) is 4.38. The lowest BCUT2D eigenvalue weighted by Crippen LogP contribution is -2.22. The summed E-state index contributed by atoms with van der Waals surface area (Å²) < 4.78 is 0.769. The fourth-order valence-electron chi connectivity index (χ4n) is 1.64. The molecule has 1 atom stereocenters. The van der Waals surface area contributed by atoms with Gasteiger partial charge in [0.15, 0.2) is 4.34 Å². The first-order chi connectivity index (χ1) is 10.9. The van der Waals surface area contributed by atoms with Gasteiger partial charge in [0, 0.05) is 17.3 Å². The maximum absolute atomic E-state index is 12.2. The molecule has 0 spiro atoms. The number of thioether (sulfide) groups is 1. The molecule has 1 heterocycles. The van der Waals surface area contributed by atoms with Crippen molar-refractivity contribution in [1.82, 2.24) is 10.2 Å². The number of aromatic nitrogens is 2. The van der Waals surface area contributed by atoms with Crippen LogP contribution in [0.5, 0.6) is 0 Å². The number of benzene rings is 1. The van der Waals surface area contributed by atoms with Crippen LogP contribution in [0.3, 0.4) is 0 Å². The number of nitrogens with zero attached hydrogens (tertiary/aromatic N) is 2. The van der Waals surface area contributed by atoms with Gasteiger partial charge in [-0.3, -0.25) is 4.79 Å². The van der Waals surface area contributed by atoms with Gasteiger partial charge in [-0.25, -0.2) is 0 Å². The van der Waals surface area contributed by atoms with E-state index < -0.39 is 0 Å². The minimum Gasteiger partial charge on any atom is -0.360 e. The van der Waals surface area contributed by atoms with Crippen LogP contribution in [0.1, 0.15) is 20.8 Å². The van der Waals surface area contributed by atoms with Crippen molar-refractivity contribution < 1.29 is 4.79 Å². The maximum atomic E-state index is 12.2. The van der Waals surface area contributed by atoms with Crippen molar-refractivity contribution in [2.45, 2.75) is 30.4 Å². The summed E-state index contributed by atoms with van der Waals surface area (Å²) in [4.78, 5) is 12.2. The second-order valence-corrected chi connectivity index (χ2v) is 8.41. The molecule has 0 saturated heterocycles. The highest BCUT2D eigenvalue weighted by Crippen LogP contribution is 2.29. The Hall–Kier alpha value is -1.31. The van der Waals surface area contributed by atoms with E-state index >= 15 is 0 Å². The highest BCUT2D eigenvalue weighted by atomic mass is 35.5. The van der Waals surface area contributed by atoms with Gasteiger partial charge in [0.05, 0.1) is 5.25 Å². The Morgan fingerprint density at radius 3 is 2.83 bits per heavy atom. The Kier molecular flexibility index (Phi) is 6.68. The molecule has 8 heteroatoms. The Labute approximate surface area is 149 Å². The third kappa shape index (κ3) is 6.01. The lowest BCUT2D eigenvalue weighted by atomic mass is 10.2. The standard InChI is InChI=1S/C15H19ClN4OS2/c1-9(2)8-17-14-19-20-15(23-14)22-10(3)13(21)18-12-6-4-5-11(16)7-12/h4-7,9-10H,8H2,1-3H3,(H,17,19)(H,18,21). The van der Waals surface area contributed by atoms with Gasteiger partial charge in [-0.1, -0.05) is 54.6 Å². The summed E-state index contributed by atoms with van der Waals surface area (Å²) in [6.07, 6.45) is 0. The molecule has 0 aliphatic rings. The Balaban J connectivity index is 1.88. The molecular formula is C15H19ClN4OS2. The van der Waals surface area contributed by atoms with Crippen molar-refractivity contribution >= 4 is 51.4 Å². The first-order valence-corrected chi connectivity index (χ1v) is 9.32. The summed E-state index contributed by atoms with van der Waals surface area (Å²) in [5, 5.41) is 15.4. The fourth-order valence-corrected chi connectivity index (χ4v) is 3.73. The number of nitrogens with one attached hydrogen (secondary N) is 2. The minimum atomic E-state index is -0.278. The molecule has 5 nitrogen and oxygen atoms in total. The molecule has 124 valence electrons. The van der Waals surface area contributed by atoms with E-state index in [0.717, 1.165) is 16.0 Å². The molecule has 1 aromatic heterocycles. The van der Waals surface area contributed by atoms with Crippen LogP contribution in [0.15, 0.2) is 28.6 Å². The quantitative estimate of drug-likeness (QED) is 0.708. The van der Waals surface area contributed by atoms with Crippen LogP contribution in [0, 0.1) is 5.92 Å². The Morgan fingerprint density at radius 1 is 1.35 bits per heavy atom. The number of halogens is 1. The van der Waals surface area contributed by atoms with E-state index in [4.69, 9.17) is 11.6 Å². The van der Waals surface area contributed by atoms with Gasteiger partial charge in [0.2, 0.25) is 11.0 Å². The fraction of sp³-hybridized carbons (Fsp3) is 0.400. The van der Waals surface area contributed by atoms with Crippen molar-refractivity contribution in [3.05, 3.63) is 29.3 Å². The second kappa shape index (κ2) is 8.52. The molecule has 0 fully saturated rings. The number of hydrogen-bond acceptors (Lipinski definition) is 6. The van der Waals surface area contributed by atoms with E-state index in [9.17, 15) is 4.79 Å². The highest BCUT2D eigenvalue weighted by molar-refractivity contribution is 8.02. The smallest absolute Gasteiger partial charge is 0.237 e. The SMILES string of the molecule is CC(C)CNc1nnc(SC(C)C(=O)Nc2cccc(Cl)c2)s1. The molecule has 1 amide bonds. The van der Waals surface area contributed by atoms with Crippen LogP contribution in [-0.2, 0) is 4.79 Å². The van der Waals surface area contributed by atoms with E-state index in [1.165, 1.54) is 23.1 Å². The van der Waals surface area contributed by atoms with Gasteiger partial charge in [0.25, 0.3) is 0 Å². The third-order valence-corrected chi connectivity index (χ3v) is 5.11. The monoisotopic (exact) mass is 370 g/mol. The Bertz CT molecular complexity index is 662. The zero-order valence-corrected chi connectivity index (χ0v) is 15.6. The molecule has 2 N–H and O–H groups in total. The van der Waals surface area contributed by atoms with Crippen molar-refractivity contribution in [1.29, 1.82) is 0 Å². The average molecular weight is 371 g/mol. The van der Waals surface area contributed by atoms with Crippen LogP contribution < -0.4 is 10.6 Å². The van der Waals surface area contributed by atoms with Crippen LogP contribution in [0.25, 0.3) is 0 Å². The summed E-state index contributed by atoms with van der Waals surface area (Å²) in [6, 6.07) is 7.09. The van der Waals surface area contributed by atoms with Gasteiger partial charge < -0.3 is 10.6 Å². The number of rotatable bonds is 7. The zero-order valence-electron chi connectivity index (χ0n) is 13.2. The zero-order chi connectivity index (χ0) is 16.8. The molecule has 2 rings (SSSR count). The largest absolute Gasteiger partial charge is 0.360 e. The summed E-state index contributed by atoms with van der Waals surface area (Å²) >= 11 is 8.76. The minimum absolute atomic E-state index is 0.0934. The lowest BCUT2D eigenvalue weighted by molar-refractivity contribution is -0.115. The van der Waals surface area contributed by atoms with E-state index in [0.29, 0.717) is 16.6 Å². The van der Waals surface area contributed by atoms with E-state index in [-0.39, 0.29) is 11.2 Å². The average Bonchev–Trinajstić information content (AvgIpc) is 2.92. The molecule has 0 aliphatic carbocycles. The number of carbonyl (C=O) groups excluding carboxylic acids is 1. The molecule has 0 aliphatic heterocycles. The first kappa shape index (κ1) is 18.0. The molecule has 0 radical (unpaired) electrons. The van der Waals surface area contributed by atoms with Gasteiger partial charge in [-0.2, -0.15) is 0 Å². The second-order valence-electron chi connectivity index (χ2n) is 5.41. The normalized spacial score (nSPS) is 12.2. The van der Waals surface area contributed by atoms with Crippen molar-refractivity contribution in [3.8, 4) is 0 Å². The van der Waals surface area contributed by atoms with Gasteiger partial charge in [-0.15, -0.1) is 10.2 Å². The third-order valence-electron chi connectivity index (χ3n) is 2.81. The number of amides is 1. The highest BCUT2D eigenvalue weighted by Gasteiger charge is 2.17. The van der Waals surface area contributed by atoms with Crippen molar-refractivity contribution in [3.63, 3.8) is 0 Å². The topological polar surface area (TPSA) is 66.9 Å². The van der Waals surface area contributed by atoms with E-state index in [2.05, 4.69) is 34.7 Å². The summed E-state index contributed by atoms with van der Waals surface area (Å²) in [5.74, 6) is 0.446. The van der Waals surface area contributed by atoms with Gasteiger partial charge in [0.1, 0.15) is 0 Å². The summed E-state index contributed by atoms with van der Waals surface area (Å²) in [7, 11) is 0. The first-order valence-electron chi connectivity index (χ1n) is 7.24. The number of hydrogen-bond donors (Lipinski definition) is 2. The van der Waals surface area contributed by atoms with Crippen LogP contribution in [0.4, 0.5) is 10.8 Å². The number of carbonyl (C=O) groups is 1. The summed E-state index contributed by atoms with van der Waals surface area (Å²) in [5.41, 5.74) is 0.687. The molecule has 0 bridgehead atoms. The molecular weight excluding hydrogens is 352 g/mol. The maximum Gasteiger partial charge on any atom is 0.237 e. The lowest BCUT2D eigenvalue weighted by Gasteiger charge is -2.10. The Morgan fingerprint density at radius 2 is 2.13 bits per heavy atom. The van der Waals surface area contributed by atoms with E-state index in [1.54, 1.807) is 24.3 Å².